The van der Waals surface area contributed by atoms with Crippen LogP contribution in [0.1, 0.15) is 37.7 Å². The Hall–Kier alpha value is -1.64. The van der Waals surface area contributed by atoms with Gasteiger partial charge in [-0.2, -0.15) is 8.42 Å². The van der Waals surface area contributed by atoms with Gasteiger partial charge in [-0.05, 0) is 43.9 Å². The molecule has 0 saturated heterocycles. The Morgan fingerprint density at radius 2 is 2.07 bits per heavy atom. The molecule has 2 unspecified atom stereocenters. The minimum absolute atomic E-state index is 0. The fourth-order valence-corrected chi connectivity index (χ4v) is 4.99. The van der Waals surface area contributed by atoms with Crippen LogP contribution in [0.3, 0.4) is 0 Å². The summed E-state index contributed by atoms with van der Waals surface area (Å²) in [6.45, 7) is 1.17. The number of sulfonamides is 1. The molecule has 1 amide bonds. The maximum Gasteiger partial charge on any atom is 0.285 e. The predicted molar refractivity (Wildman–Crippen MR) is 108 cm³/mol. The topological polar surface area (TPSA) is 105 Å². The SMILES string of the molecule is CN(CCCC(=O)NC1CCCC1CN)C1=NS(=O)(=O)c2ccccc21.Cl. The molecule has 0 radical (unpaired) electrons. The first kappa shape index (κ1) is 21.7. The van der Waals surface area contributed by atoms with Gasteiger partial charge in [-0.25, -0.2) is 0 Å². The first-order valence-electron chi connectivity index (χ1n) is 9.07. The van der Waals surface area contributed by atoms with Crippen molar-refractivity contribution in [2.75, 3.05) is 20.1 Å². The van der Waals surface area contributed by atoms with E-state index < -0.39 is 10.0 Å². The normalized spacial score (nSPS) is 22.5. The largest absolute Gasteiger partial charge is 0.358 e. The molecule has 2 aliphatic rings. The Bertz CT molecular complexity index is 813. The molecule has 3 N–H and O–H groups in total. The van der Waals surface area contributed by atoms with Crippen LogP contribution in [0.2, 0.25) is 0 Å². The maximum atomic E-state index is 12.2. The molecule has 2 atom stereocenters. The van der Waals surface area contributed by atoms with Crippen molar-refractivity contribution in [1.29, 1.82) is 0 Å². The number of hydrogen-bond donors (Lipinski definition) is 2. The predicted octanol–water partition coefficient (Wildman–Crippen LogP) is 1.51. The van der Waals surface area contributed by atoms with E-state index >= 15 is 0 Å². The lowest BCUT2D eigenvalue weighted by molar-refractivity contribution is -0.122. The first-order chi connectivity index (χ1) is 12.4. The zero-order chi connectivity index (χ0) is 18.7. The highest BCUT2D eigenvalue weighted by Crippen LogP contribution is 2.27. The molecule has 0 bridgehead atoms. The molecule has 0 spiro atoms. The quantitative estimate of drug-likeness (QED) is 0.734. The van der Waals surface area contributed by atoms with Gasteiger partial charge in [0.2, 0.25) is 5.91 Å². The van der Waals surface area contributed by atoms with Crippen LogP contribution in [0.4, 0.5) is 0 Å². The van der Waals surface area contributed by atoms with Crippen LogP contribution in [-0.2, 0) is 14.8 Å². The number of amidine groups is 1. The van der Waals surface area contributed by atoms with E-state index in [1.807, 2.05) is 0 Å². The Morgan fingerprint density at radius 1 is 1.33 bits per heavy atom. The van der Waals surface area contributed by atoms with Crippen molar-refractivity contribution in [3.05, 3.63) is 29.8 Å². The van der Waals surface area contributed by atoms with E-state index in [-0.39, 0.29) is 29.3 Å². The average molecular weight is 415 g/mol. The van der Waals surface area contributed by atoms with Gasteiger partial charge < -0.3 is 16.0 Å². The molecule has 3 rings (SSSR count). The van der Waals surface area contributed by atoms with Crippen molar-refractivity contribution in [2.45, 2.75) is 43.0 Å². The Morgan fingerprint density at radius 3 is 2.81 bits per heavy atom. The zero-order valence-corrected chi connectivity index (χ0v) is 17.1. The molecule has 27 heavy (non-hydrogen) atoms. The van der Waals surface area contributed by atoms with E-state index in [4.69, 9.17) is 5.73 Å². The van der Waals surface area contributed by atoms with E-state index in [9.17, 15) is 13.2 Å². The summed E-state index contributed by atoms with van der Waals surface area (Å²) >= 11 is 0. The lowest BCUT2D eigenvalue weighted by atomic mass is 10.0. The third kappa shape index (κ3) is 4.80. The van der Waals surface area contributed by atoms with Gasteiger partial charge in [-0.15, -0.1) is 16.8 Å². The van der Waals surface area contributed by atoms with Gasteiger partial charge >= 0.3 is 0 Å². The second kappa shape index (κ2) is 9.03. The van der Waals surface area contributed by atoms with Crippen molar-refractivity contribution < 1.29 is 13.2 Å². The van der Waals surface area contributed by atoms with Crippen molar-refractivity contribution in [3.63, 3.8) is 0 Å². The van der Waals surface area contributed by atoms with Crippen LogP contribution in [0, 0.1) is 5.92 Å². The number of carbonyl (C=O) groups is 1. The van der Waals surface area contributed by atoms with Gasteiger partial charge in [0, 0.05) is 31.6 Å². The number of nitrogens with zero attached hydrogens (tertiary/aromatic N) is 2. The van der Waals surface area contributed by atoms with Crippen molar-refractivity contribution in [3.8, 4) is 0 Å². The molecule has 1 saturated carbocycles. The number of benzene rings is 1. The third-order valence-electron chi connectivity index (χ3n) is 5.18. The molecule has 9 heteroatoms. The van der Waals surface area contributed by atoms with E-state index in [0.717, 1.165) is 19.3 Å². The third-order valence-corrected chi connectivity index (χ3v) is 6.50. The number of halogens is 1. The number of amides is 1. The van der Waals surface area contributed by atoms with Crippen LogP contribution in [-0.4, -0.2) is 51.2 Å². The van der Waals surface area contributed by atoms with Gasteiger partial charge in [0.15, 0.2) is 0 Å². The van der Waals surface area contributed by atoms with Crippen molar-refractivity contribution >= 4 is 34.2 Å². The molecular formula is C18H27ClN4O3S. The number of carbonyl (C=O) groups excluding carboxylic acids is 1. The highest BCUT2D eigenvalue weighted by atomic mass is 35.5. The summed E-state index contributed by atoms with van der Waals surface area (Å²) in [7, 11) is -1.81. The number of rotatable bonds is 6. The average Bonchev–Trinajstić information content (AvgIpc) is 3.17. The molecular weight excluding hydrogens is 388 g/mol. The summed E-state index contributed by atoms with van der Waals surface area (Å²) in [5.41, 5.74) is 6.37. The van der Waals surface area contributed by atoms with Crippen LogP contribution in [0.15, 0.2) is 33.6 Å². The molecule has 0 aromatic heterocycles. The molecule has 1 aliphatic carbocycles. The summed E-state index contributed by atoms with van der Waals surface area (Å²) in [6.07, 6.45) is 4.23. The van der Waals surface area contributed by atoms with Gasteiger partial charge in [0.1, 0.15) is 10.7 Å². The zero-order valence-electron chi connectivity index (χ0n) is 15.4. The Kier molecular flexibility index (Phi) is 7.25. The molecule has 1 aromatic rings. The number of hydrogen-bond acceptors (Lipinski definition) is 5. The van der Waals surface area contributed by atoms with Crippen LogP contribution in [0.25, 0.3) is 0 Å². The second-order valence-corrected chi connectivity index (χ2v) is 8.58. The highest BCUT2D eigenvalue weighted by Gasteiger charge is 2.30. The summed E-state index contributed by atoms with van der Waals surface area (Å²) in [5.74, 6) is 0.862. The van der Waals surface area contributed by atoms with Crippen LogP contribution >= 0.6 is 12.4 Å². The Balaban J connectivity index is 0.00000261. The number of fused-ring (bicyclic) bond motifs is 1. The lowest BCUT2D eigenvalue weighted by Crippen LogP contribution is -2.40. The number of nitrogens with one attached hydrogen (secondary N) is 1. The second-order valence-electron chi connectivity index (χ2n) is 7.01. The maximum absolute atomic E-state index is 12.2. The van der Waals surface area contributed by atoms with Crippen molar-refractivity contribution in [1.82, 2.24) is 10.2 Å². The van der Waals surface area contributed by atoms with Crippen LogP contribution < -0.4 is 11.1 Å². The Labute approximate surface area is 166 Å². The van der Waals surface area contributed by atoms with Crippen LogP contribution in [0.5, 0.6) is 0 Å². The fraction of sp³-hybridized carbons (Fsp3) is 0.556. The highest BCUT2D eigenvalue weighted by molar-refractivity contribution is 7.90. The van der Waals surface area contributed by atoms with Gasteiger partial charge in [0.25, 0.3) is 10.0 Å². The monoisotopic (exact) mass is 414 g/mol. The van der Waals surface area contributed by atoms with Crippen molar-refractivity contribution in [2.24, 2.45) is 16.0 Å². The summed E-state index contributed by atoms with van der Waals surface area (Å²) in [5, 5.41) is 3.09. The smallest absolute Gasteiger partial charge is 0.285 e. The van der Waals surface area contributed by atoms with E-state index in [1.54, 1.807) is 36.2 Å². The fourth-order valence-electron chi connectivity index (χ4n) is 3.73. The van der Waals surface area contributed by atoms with Gasteiger partial charge in [-0.1, -0.05) is 18.6 Å². The summed E-state index contributed by atoms with van der Waals surface area (Å²) < 4.78 is 28.1. The first-order valence-corrected chi connectivity index (χ1v) is 10.5. The van der Waals surface area contributed by atoms with E-state index in [1.165, 1.54) is 0 Å². The van der Waals surface area contributed by atoms with Gasteiger partial charge in [0.05, 0.1) is 0 Å². The minimum Gasteiger partial charge on any atom is -0.358 e. The standard InChI is InChI=1S/C18H26N4O3S.ClH/c1-22(18-14-7-2-3-9-16(14)26(24,25)21-18)11-5-10-17(23)20-15-8-4-6-13(15)12-19;/h2-3,7,9,13,15H,4-6,8,10-12,19H2,1H3,(H,20,23);1H. The lowest BCUT2D eigenvalue weighted by Gasteiger charge is -2.21. The number of nitrogens with two attached hydrogens (primary N) is 1. The minimum atomic E-state index is -3.61. The molecule has 7 nitrogen and oxygen atoms in total. The molecule has 1 aliphatic heterocycles. The van der Waals surface area contributed by atoms with Gasteiger partial charge in [-0.3, -0.25) is 4.79 Å². The summed E-state index contributed by atoms with van der Waals surface area (Å²) in [6, 6.07) is 7.01. The molecule has 1 aromatic carbocycles. The molecule has 150 valence electrons. The van der Waals surface area contributed by atoms with E-state index in [2.05, 4.69) is 9.71 Å². The van der Waals surface area contributed by atoms with E-state index in [0.29, 0.717) is 43.2 Å². The molecule has 1 heterocycles. The molecule has 1 fully saturated rings. The summed E-state index contributed by atoms with van der Waals surface area (Å²) in [4.78, 5) is 14.2.